The van der Waals surface area contributed by atoms with E-state index in [4.69, 9.17) is 9.47 Å². The molecule has 1 N–H and O–H groups in total. The van der Waals surface area contributed by atoms with E-state index >= 15 is 0 Å². The summed E-state index contributed by atoms with van der Waals surface area (Å²) in [4.78, 5) is 0. The van der Waals surface area contributed by atoms with Crippen LogP contribution in [0.25, 0.3) is 11.0 Å². The number of aromatic nitrogens is 3. The Morgan fingerprint density at radius 3 is 2.69 bits per heavy atom. The number of nitrogens with zero attached hydrogens (tertiary/aromatic N) is 2. The summed E-state index contributed by atoms with van der Waals surface area (Å²) in [7, 11) is 3.18. The fraction of sp³-hybridized carbons (Fsp3) is 0.250. The van der Waals surface area contributed by atoms with Crippen molar-refractivity contribution in [2.75, 3.05) is 14.2 Å². The molecule has 0 amide bonds. The molecule has 0 saturated heterocycles. The summed E-state index contributed by atoms with van der Waals surface area (Å²) in [6.45, 7) is 0. The summed E-state index contributed by atoms with van der Waals surface area (Å²) in [6, 6.07) is 3.56. The van der Waals surface area contributed by atoms with Crippen molar-refractivity contribution >= 4 is 11.0 Å². The molecule has 0 saturated carbocycles. The smallest absolute Gasteiger partial charge is 0.155 e. The first-order chi connectivity index (χ1) is 6.35. The fourth-order valence-electron chi connectivity index (χ4n) is 1.17. The van der Waals surface area contributed by atoms with Gasteiger partial charge in [-0.1, -0.05) is 0 Å². The number of nitrogens with one attached hydrogen (secondary N) is 1. The van der Waals surface area contributed by atoms with Crippen molar-refractivity contribution in [3.63, 3.8) is 0 Å². The van der Waals surface area contributed by atoms with Crippen molar-refractivity contribution < 1.29 is 9.47 Å². The zero-order chi connectivity index (χ0) is 9.26. The molecule has 0 bridgehead atoms. The van der Waals surface area contributed by atoms with Crippen LogP contribution in [0.5, 0.6) is 11.5 Å². The monoisotopic (exact) mass is 179 g/mol. The Morgan fingerprint density at radius 1 is 1.15 bits per heavy atom. The van der Waals surface area contributed by atoms with Crippen molar-refractivity contribution in [2.45, 2.75) is 0 Å². The molecule has 2 aromatic rings. The predicted octanol–water partition coefficient (Wildman–Crippen LogP) is 0.975. The molecule has 0 spiro atoms. The molecule has 0 radical (unpaired) electrons. The van der Waals surface area contributed by atoms with E-state index in [-0.39, 0.29) is 0 Å². The Morgan fingerprint density at radius 2 is 2.00 bits per heavy atom. The van der Waals surface area contributed by atoms with Crippen molar-refractivity contribution in [3.8, 4) is 11.5 Å². The van der Waals surface area contributed by atoms with E-state index in [2.05, 4.69) is 15.4 Å². The number of methoxy groups -OCH3 is 2. The summed E-state index contributed by atoms with van der Waals surface area (Å²) in [6.07, 6.45) is 0. The maximum absolute atomic E-state index is 5.13. The van der Waals surface area contributed by atoms with Gasteiger partial charge in [0.1, 0.15) is 11.3 Å². The Labute approximate surface area is 74.7 Å². The average molecular weight is 179 g/mol. The molecule has 13 heavy (non-hydrogen) atoms. The molecule has 1 aromatic heterocycles. The van der Waals surface area contributed by atoms with Crippen LogP contribution in [0.4, 0.5) is 0 Å². The summed E-state index contributed by atoms with van der Waals surface area (Å²) >= 11 is 0. The molecule has 0 unspecified atom stereocenters. The van der Waals surface area contributed by atoms with Crippen LogP contribution in [0.2, 0.25) is 0 Å². The minimum Gasteiger partial charge on any atom is -0.497 e. The Kier molecular flexibility index (Phi) is 1.77. The van der Waals surface area contributed by atoms with E-state index < -0.39 is 0 Å². The lowest BCUT2D eigenvalue weighted by Crippen LogP contribution is -1.88. The molecule has 0 aliphatic rings. The molecule has 5 nitrogen and oxygen atoms in total. The maximum atomic E-state index is 5.13. The Hall–Kier alpha value is -1.78. The molecule has 0 fully saturated rings. The summed E-state index contributed by atoms with van der Waals surface area (Å²) in [5.41, 5.74) is 1.44. The third kappa shape index (κ3) is 1.18. The molecule has 0 aliphatic carbocycles. The minimum absolute atomic E-state index is 0.656. The molecular weight excluding hydrogens is 170 g/mol. The van der Waals surface area contributed by atoms with Gasteiger partial charge in [0.2, 0.25) is 0 Å². The lowest BCUT2D eigenvalue weighted by molar-refractivity contribution is 0.397. The van der Waals surface area contributed by atoms with Gasteiger partial charge in [-0.05, 0) is 0 Å². The number of rotatable bonds is 2. The highest BCUT2D eigenvalue weighted by atomic mass is 16.5. The van der Waals surface area contributed by atoms with Gasteiger partial charge in [0.15, 0.2) is 11.3 Å². The summed E-state index contributed by atoms with van der Waals surface area (Å²) in [5.74, 6) is 1.36. The minimum atomic E-state index is 0.656. The molecule has 1 aromatic carbocycles. The highest BCUT2D eigenvalue weighted by Crippen LogP contribution is 2.27. The van der Waals surface area contributed by atoms with Crippen LogP contribution in [-0.4, -0.2) is 29.6 Å². The first-order valence-corrected chi connectivity index (χ1v) is 3.77. The van der Waals surface area contributed by atoms with Crippen LogP contribution in [0.3, 0.4) is 0 Å². The van der Waals surface area contributed by atoms with E-state index in [1.807, 2.05) is 0 Å². The van der Waals surface area contributed by atoms with Gasteiger partial charge >= 0.3 is 0 Å². The number of ether oxygens (including phenoxy) is 2. The van der Waals surface area contributed by atoms with Crippen LogP contribution in [0.15, 0.2) is 12.1 Å². The Bertz CT molecular complexity index is 424. The number of H-pyrrole nitrogens is 1. The number of fused-ring (bicyclic) bond motifs is 1. The first kappa shape index (κ1) is 7.85. The second-order valence-electron chi connectivity index (χ2n) is 2.52. The highest BCUT2D eigenvalue weighted by molar-refractivity contribution is 5.82. The van der Waals surface area contributed by atoms with Crippen molar-refractivity contribution in [2.24, 2.45) is 0 Å². The SMILES string of the molecule is COc1cc(OC)c2n[nH]nc2c1. The summed E-state index contributed by atoms with van der Waals surface area (Å²) < 4.78 is 10.2. The lowest BCUT2D eigenvalue weighted by atomic mass is 10.3. The quantitative estimate of drug-likeness (QED) is 0.746. The van der Waals surface area contributed by atoms with E-state index in [1.165, 1.54) is 0 Å². The first-order valence-electron chi connectivity index (χ1n) is 3.77. The largest absolute Gasteiger partial charge is 0.497 e. The van der Waals surface area contributed by atoms with Gasteiger partial charge in [0.05, 0.1) is 14.2 Å². The molecule has 5 heteroatoms. The lowest BCUT2D eigenvalue weighted by Gasteiger charge is -2.02. The maximum Gasteiger partial charge on any atom is 0.155 e. The molecule has 68 valence electrons. The van der Waals surface area contributed by atoms with Gasteiger partial charge in [-0.3, -0.25) is 0 Å². The molecule has 2 rings (SSSR count). The second kappa shape index (κ2) is 2.93. The molecular formula is C8H9N3O2. The number of aromatic amines is 1. The van der Waals surface area contributed by atoms with Crippen LogP contribution >= 0.6 is 0 Å². The second-order valence-corrected chi connectivity index (χ2v) is 2.52. The van der Waals surface area contributed by atoms with E-state index in [1.54, 1.807) is 26.4 Å². The van der Waals surface area contributed by atoms with E-state index in [0.717, 1.165) is 5.52 Å². The standard InChI is InChI=1S/C8H9N3O2/c1-12-5-3-6-8(10-11-9-6)7(4-5)13-2/h3-4H,1-2H3,(H,9,10,11). The number of benzene rings is 1. The average Bonchev–Trinajstić information content (AvgIpc) is 2.63. The van der Waals surface area contributed by atoms with Crippen LogP contribution in [-0.2, 0) is 0 Å². The predicted molar refractivity (Wildman–Crippen MR) is 47.0 cm³/mol. The molecule has 1 heterocycles. The van der Waals surface area contributed by atoms with Crippen molar-refractivity contribution in [3.05, 3.63) is 12.1 Å². The van der Waals surface area contributed by atoms with Crippen LogP contribution in [0.1, 0.15) is 0 Å². The third-order valence-corrected chi connectivity index (χ3v) is 1.82. The normalized spacial score (nSPS) is 10.3. The number of hydrogen-bond donors (Lipinski definition) is 1. The highest BCUT2D eigenvalue weighted by Gasteiger charge is 2.07. The fourth-order valence-corrected chi connectivity index (χ4v) is 1.17. The number of hydrogen-bond acceptors (Lipinski definition) is 4. The van der Waals surface area contributed by atoms with E-state index in [9.17, 15) is 0 Å². The van der Waals surface area contributed by atoms with Gasteiger partial charge in [0.25, 0.3) is 0 Å². The third-order valence-electron chi connectivity index (χ3n) is 1.82. The van der Waals surface area contributed by atoms with Crippen molar-refractivity contribution in [1.82, 2.24) is 15.4 Å². The van der Waals surface area contributed by atoms with E-state index in [0.29, 0.717) is 17.0 Å². The van der Waals surface area contributed by atoms with Gasteiger partial charge in [-0.25, -0.2) is 0 Å². The summed E-state index contributed by atoms with van der Waals surface area (Å²) in [5, 5.41) is 10.4. The molecule has 0 aliphatic heterocycles. The van der Waals surface area contributed by atoms with Gasteiger partial charge in [-0.15, -0.1) is 0 Å². The Balaban J connectivity index is 2.70. The zero-order valence-electron chi connectivity index (χ0n) is 7.37. The van der Waals surface area contributed by atoms with Crippen molar-refractivity contribution in [1.29, 1.82) is 0 Å². The van der Waals surface area contributed by atoms with Gasteiger partial charge < -0.3 is 9.47 Å². The topological polar surface area (TPSA) is 60.0 Å². The zero-order valence-corrected chi connectivity index (χ0v) is 7.37. The van der Waals surface area contributed by atoms with Crippen LogP contribution in [0, 0.1) is 0 Å². The molecule has 0 atom stereocenters. The van der Waals surface area contributed by atoms with Crippen LogP contribution < -0.4 is 9.47 Å². The van der Waals surface area contributed by atoms with Gasteiger partial charge in [-0.2, -0.15) is 15.4 Å². The van der Waals surface area contributed by atoms with Gasteiger partial charge in [0, 0.05) is 12.1 Å².